The van der Waals surface area contributed by atoms with Crippen molar-refractivity contribution in [1.82, 2.24) is 19.9 Å². The highest BCUT2D eigenvalue weighted by atomic mass is 79.9. The van der Waals surface area contributed by atoms with Crippen molar-refractivity contribution in [3.63, 3.8) is 0 Å². The summed E-state index contributed by atoms with van der Waals surface area (Å²) in [6.45, 7) is 1.81. The Bertz CT molecular complexity index is 1150. The van der Waals surface area contributed by atoms with E-state index in [1.165, 1.54) is 0 Å². The summed E-state index contributed by atoms with van der Waals surface area (Å²) in [4.78, 5) is 16.8. The zero-order valence-corrected chi connectivity index (χ0v) is 21.4. The molecule has 1 amide bonds. The quantitative estimate of drug-likeness (QED) is 0.351. The van der Waals surface area contributed by atoms with Gasteiger partial charge in [0.05, 0.1) is 35.2 Å². The van der Waals surface area contributed by atoms with E-state index in [9.17, 15) is 4.79 Å². The lowest BCUT2D eigenvalue weighted by Crippen LogP contribution is -2.25. The summed E-state index contributed by atoms with van der Waals surface area (Å²) in [5.74, 6) is 1.83. The average Bonchev–Trinajstić information content (AvgIpc) is 3.23. The maximum Gasteiger partial charge on any atom is 0.223 e. The molecule has 2 aliphatic rings. The molecule has 0 atom stereocenters. The number of amides is 1. The Labute approximate surface area is 213 Å². The second kappa shape index (κ2) is 12.2. The van der Waals surface area contributed by atoms with Crippen molar-refractivity contribution in [3.05, 3.63) is 63.6 Å². The molecule has 0 aromatic carbocycles. The molecule has 0 saturated carbocycles. The van der Waals surface area contributed by atoms with Gasteiger partial charge < -0.3 is 15.4 Å². The van der Waals surface area contributed by atoms with Crippen molar-refractivity contribution in [2.75, 3.05) is 25.0 Å². The largest absolute Gasteiger partial charge is 0.497 e. The zero-order valence-electron chi connectivity index (χ0n) is 19.0. The van der Waals surface area contributed by atoms with Crippen LogP contribution in [-0.2, 0) is 9.53 Å². The van der Waals surface area contributed by atoms with Crippen LogP contribution in [0.4, 0.5) is 5.82 Å². The molecule has 2 heterocycles. The highest BCUT2D eigenvalue weighted by molar-refractivity contribution is 9.10. The van der Waals surface area contributed by atoms with Gasteiger partial charge in [-0.15, -0.1) is 0 Å². The maximum atomic E-state index is 12.0. The van der Waals surface area contributed by atoms with Crippen LogP contribution in [0.5, 0.6) is 0 Å². The number of allylic oxidation sites excluding steroid dienone is 8. The molecule has 0 radical (unpaired) electrons. The van der Waals surface area contributed by atoms with Crippen LogP contribution >= 0.6 is 27.5 Å². The molecule has 2 aromatic rings. The summed E-state index contributed by atoms with van der Waals surface area (Å²) in [6.07, 6.45) is 17.8. The summed E-state index contributed by atoms with van der Waals surface area (Å²) in [5, 5.41) is 11.7. The number of hydrogen-bond donors (Lipinski definition) is 2. The molecule has 7 nitrogen and oxygen atoms in total. The Morgan fingerprint density at radius 3 is 2.88 bits per heavy atom. The normalized spacial score (nSPS) is 15.5. The van der Waals surface area contributed by atoms with Gasteiger partial charge >= 0.3 is 0 Å². The maximum absolute atomic E-state index is 12.0. The number of carbonyl (C=O) groups is 1. The number of halogens is 2. The van der Waals surface area contributed by atoms with Crippen LogP contribution < -0.4 is 10.6 Å². The summed E-state index contributed by atoms with van der Waals surface area (Å²) in [7, 11) is 0. The number of rotatable bonds is 11. The van der Waals surface area contributed by atoms with E-state index in [4.69, 9.17) is 21.3 Å². The Kier molecular flexibility index (Phi) is 8.82. The highest BCUT2D eigenvalue weighted by Crippen LogP contribution is 2.31. The molecule has 9 heteroatoms. The predicted molar refractivity (Wildman–Crippen MR) is 140 cm³/mol. The molecule has 34 heavy (non-hydrogen) atoms. The Balaban J connectivity index is 1.23. The number of nitrogens with one attached hydrogen (secondary N) is 2. The van der Waals surface area contributed by atoms with Gasteiger partial charge in [-0.3, -0.25) is 4.79 Å². The third-order valence-electron chi connectivity index (χ3n) is 5.64. The summed E-state index contributed by atoms with van der Waals surface area (Å²) in [6, 6.07) is 1.99. The van der Waals surface area contributed by atoms with E-state index in [0.29, 0.717) is 19.6 Å². The molecule has 0 aliphatic heterocycles. The van der Waals surface area contributed by atoms with Crippen LogP contribution in [0.2, 0.25) is 0 Å². The van der Waals surface area contributed by atoms with Gasteiger partial charge in [-0.25, -0.2) is 4.98 Å². The lowest BCUT2D eigenvalue weighted by atomic mass is 10.0. The molecule has 0 bridgehead atoms. The third-order valence-corrected chi connectivity index (χ3v) is 6.59. The third kappa shape index (κ3) is 6.51. The van der Waals surface area contributed by atoms with E-state index in [1.54, 1.807) is 10.7 Å². The van der Waals surface area contributed by atoms with E-state index in [0.717, 1.165) is 83.1 Å². The molecule has 2 N–H and O–H groups in total. The summed E-state index contributed by atoms with van der Waals surface area (Å²) >= 11 is 10.0. The molecule has 2 aliphatic carbocycles. The van der Waals surface area contributed by atoms with Crippen molar-refractivity contribution >= 4 is 50.5 Å². The Hall–Kier alpha value is -2.58. The smallest absolute Gasteiger partial charge is 0.223 e. The van der Waals surface area contributed by atoms with Crippen LogP contribution in [-0.4, -0.2) is 40.2 Å². The monoisotopic (exact) mass is 545 g/mol. The van der Waals surface area contributed by atoms with Gasteiger partial charge in [-0.2, -0.15) is 9.61 Å². The van der Waals surface area contributed by atoms with Crippen LogP contribution in [0.1, 0.15) is 50.6 Å². The van der Waals surface area contributed by atoms with Crippen molar-refractivity contribution in [2.45, 2.75) is 44.9 Å². The van der Waals surface area contributed by atoms with E-state index in [2.05, 4.69) is 43.8 Å². The number of hydrogen-bond acceptors (Lipinski definition) is 5. The first-order valence-electron chi connectivity index (χ1n) is 11.7. The van der Waals surface area contributed by atoms with Crippen LogP contribution in [0, 0.1) is 0 Å². The topological polar surface area (TPSA) is 80.5 Å². The fraction of sp³-hybridized carbons (Fsp3) is 0.400. The number of carbonyl (C=O) groups excluding carboxylic acids is 1. The van der Waals surface area contributed by atoms with Crippen LogP contribution in [0.15, 0.2) is 57.9 Å². The minimum atomic E-state index is 0.0208. The molecule has 180 valence electrons. The fourth-order valence-electron chi connectivity index (χ4n) is 3.82. The van der Waals surface area contributed by atoms with Gasteiger partial charge in [0.1, 0.15) is 5.82 Å². The first-order valence-corrected chi connectivity index (χ1v) is 12.9. The SMILES string of the molecule is O=C(CCOC1=CC=CCC1)NCCCCNc1cc(C2=C(Cl)CCC=C2)nc2c(Br)cnn12. The summed E-state index contributed by atoms with van der Waals surface area (Å²) < 4.78 is 8.27. The zero-order chi connectivity index (χ0) is 23.8. The van der Waals surface area contributed by atoms with E-state index in [-0.39, 0.29) is 5.91 Å². The summed E-state index contributed by atoms with van der Waals surface area (Å²) in [5.41, 5.74) is 2.52. The molecule has 0 saturated heterocycles. The van der Waals surface area contributed by atoms with Crippen LogP contribution in [0.25, 0.3) is 11.2 Å². The van der Waals surface area contributed by atoms with E-state index >= 15 is 0 Å². The number of aromatic nitrogens is 3. The molecule has 0 unspecified atom stereocenters. The van der Waals surface area contributed by atoms with Gasteiger partial charge in [-0.1, -0.05) is 35.9 Å². The average molecular weight is 547 g/mol. The Morgan fingerprint density at radius 1 is 1.21 bits per heavy atom. The molecule has 4 rings (SSSR count). The van der Waals surface area contributed by atoms with E-state index in [1.807, 2.05) is 24.3 Å². The lowest BCUT2D eigenvalue weighted by Gasteiger charge is -2.14. The van der Waals surface area contributed by atoms with Crippen molar-refractivity contribution in [3.8, 4) is 0 Å². The molecular formula is C25H29BrClN5O2. The lowest BCUT2D eigenvalue weighted by molar-refractivity contribution is -0.121. The standard InChI is InChI=1S/C25H29BrClN5O2/c26-20-17-30-32-23(16-22(31-25(20)32)19-10-4-5-11-21(19)27)28-13-6-7-14-29-24(33)12-15-34-18-8-2-1-3-9-18/h1-2,4,8,10,16-17,28H,3,5-7,9,11-15H2,(H,29,33). The van der Waals surface area contributed by atoms with Gasteiger partial charge in [0, 0.05) is 36.2 Å². The van der Waals surface area contributed by atoms with Crippen molar-refractivity contribution in [1.29, 1.82) is 0 Å². The predicted octanol–water partition coefficient (Wildman–Crippen LogP) is 5.74. The van der Waals surface area contributed by atoms with Crippen molar-refractivity contribution in [2.24, 2.45) is 0 Å². The number of fused-ring (bicyclic) bond motifs is 1. The van der Waals surface area contributed by atoms with Gasteiger partial charge in [-0.05, 0) is 54.1 Å². The molecular weight excluding hydrogens is 518 g/mol. The molecule has 0 spiro atoms. The number of unbranched alkanes of at least 4 members (excludes halogenated alkanes) is 1. The number of anilines is 1. The molecule has 0 fully saturated rings. The first kappa shape index (κ1) is 24.5. The Morgan fingerprint density at radius 2 is 2.06 bits per heavy atom. The van der Waals surface area contributed by atoms with Crippen molar-refractivity contribution < 1.29 is 9.53 Å². The minimum Gasteiger partial charge on any atom is -0.497 e. The van der Waals surface area contributed by atoms with Gasteiger partial charge in [0.2, 0.25) is 5.91 Å². The molecule has 2 aromatic heterocycles. The minimum absolute atomic E-state index is 0.0208. The number of nitrogens with zero attached hydrogens (tertiary/aromatic N) is 3. The highest BCUT2D eigenvalue weighted by Gasteiger charge is 2.15. The number of ether oxygens (including phenoxy) is 1. The second-order valence-electron chi connectivity index (χ2n) is 8.20. The van der Waals surface area contributed by atoms with Gasteiger partial charge in [0.25, 0.3) is 0 Å². The van der Waals surface area contributed by atoms with Crippen LogP contribution in [0.3, 0.4) is 0 Å². The fourth-order valence-corrected chi connectivity index (χ4v) is 4.44. The first-order chi connectivity index (χ1) is 16.6. The van der Waals surface area contributed by atoms with E-state index < -0.39 is 0 Å². The van der Waals surface area contributed by atoms with Gasteiger partial charge in [0.15, 0.2) is 5.65 Å². The second-order valence-corrected chi connectivity index (χ2v) is 9.51.